The van der Waals surface area contributed by atoms with Gasteiger partial charge in [0, 0.05) is 25.0 Å². The van der Waals surface area contributed by atoms with E-state index in [-0.39, 0.29) is 0 Å². The molecule has 0 aromatic carbocycles. The van der Waals surface area contributed by atoms with E-state index in [9.17, 15) is 0 Å². The average Bonchev–Trinajstić information content (AvgIpc) is 2.75. The summed E-state index contributed by atoms with van der Waals surface area (Å²) in [5, 5.41) is 1.14. The predicted molar refractivity (Wildman–Crippen MR) is 70.7 cm³/mol. The van der Waals surface area contributed by atoms with Gasteiger partial charge < -0.3 is 9.80 Å². The predicted octanol–water partition coefficient (Wildman–Crippen LogP) is 2.44. The number of likely N-dealkylation sites (tertiary alicyclic amines) is 1. The summed E-state index contributed by atoms with van der Waals surface area (Å²) in [5.41, 5.74) is 0. The van der Waals surface area contributed by atoms with Gasteiger partial charge >= 0.3 is 0 Å². The second-order valence-corrected chi connectivity index (χ2v) is 5.39. The third-order valence-corrected chi connectivity index (χ3v) is 4.28. The summed E-state index contributed by atoms with van der Waals surface area (Å²) >= 11 is 3.58. The van der Waals surface area contributed by atoms with E-state index in [0.717, 1.165) is 11.2 Å². The largest absolute Gasteiger partial charge is 0.305 e. The zero-order chi connectivity index (χ0) is 11.1. The fourth-order valence-corrected chi connectivity index (χ4v) is 2.80. The zero-order valence-electron chi connectivity index (χ0n) is 10.2. The molecule has 1 aliphatic heterocycles. The standard InChI is InChI=1S/C12H25BrN2/c1-3-12(10-13)11-14(2)8-9-15-6-4-5-7-15/h12H,3-11H2,1-2H3. The minimum atomic E-state index is 0.813. The first kappa shape index (κ1) is 13.5. The molecular formula is C12H25BrN2. The van der Waals surface area contributed by atoms with E-state index >= 15 is 0 Å². The van der Waals surface area contributed by atoms with Crippen LogP contribution in [0.5, 0.6) is 0 Å². The maximum atomic E-state index is 3.58. The Balaban J connectivity index is 2.08. The molecule has 1 saturated heterocycles. The van der Waals surface area contributed by atoms with Crippen molar-refractivity contribution in [3.8, 4) is 0 Å². The van der Waals surface area contributed by atoms with E-state index in [0.29, 0.717) is 0 Å². The second-order valence-electron chi connectivity index (χ2n) is 4.74. The Morgan fingerprint density at radius 1 is 1.33 bits per heavy atom. The number of nitrogens with zero attached hydrogens (tertiary/aromatic N) is 2. The van der Waals surface area contributed by atoms with E-state index in [4.69, 9.17) is 0 Å². The first-order valence-electron chi connectivity index (χ1n) is 6.23. The number of rotatable bonds is 7. The normalized spacial score (nSPS) is 20.0. The molecule has 0 bridgehead atoms. The van der Waals surface area contributed by atoms with Crippen molar-refractivity contribution in [1.82, 2.24) is 9.80 Å². The van der Waals surface area contributed by atoms with Crippen molar-refractivity contribution in [2.24, 2.45) is 5.92 Å². The number of alkyl halides is 1. The third-order valence-electron chi connectivity index (χ3n) is 3.36. The molecule has 0 amide bonds. The molecule has 0 aromatic heterocycles. The van der Waals surface area contributed by atoms with E-state index in [1.807, 2.05) is 0 Å². The van der Waals surface area contributed by atoms with E-state index in [2.05, 4.69) is 39.7 Å². The van der Waals surface area contributed by atoms with Crippen LogP contribution in [0.15, 0.2) is 0 Å². The summed E-state index contributed by atoms with van der Waals surface area (Å²) in [4.78, 5) is 5.07. The van der Waals surface area contributed by atoms with Crippen molar-refractivity contribution in [2.45, 2.75) is 26.2 Å². The summed E-state index contributed by atoms with van der Waals surface area (Å²) in [5.74, 6) is 0.813. The fraction of sp³-hybridized carbons (Fsp3) is 1.00. The van der Waals surface area contributed by atoms with Gasteiger partial charge in [-0.05, 0) is 38.9 Å². The monoisotopic (exact) mass is 276 g/mol. The molecular weight excluding hydrogens is 252 g/mol. The van der Waals surface area contributed by atoms with Gasteiger partial charge in [0.25, 0.3) is 0 Å². The Labute approximate surface area is 103 Å². The van der Waals surface area contributed by atoms with Gasteiger partial charge in [-0.25, -0.2) is 0 Å². The second kappa shape index (κ2) is 7.64. The molecule has 0 radical (unpaired) electrons. The van der Waals surface area contributed by atoms with Crippen LogP contribution in [0, 0.1) is 5.92 Å². The van der Waals surface area contributed by atoms with Crippen LogP contribution in [0.25, 0.3) is 0 Å². The Morgan fingerprint density at radius 2 is 2.00 bits per heavy atom. The van der Waals surface area contributed by atoms with Crippen molar-refractivity contribution in [2.75, 3.05) is 45.1 Å². The highest BCUT2D eigenvalue weighted by atomic mass is 79.9. The first-order valence-corrected chi connectivity index (χ1v) is 7.35. The zero-order valence-corrected chi connectivity index (χ0v) is 11.8. The van der Waals surface area contributed by atoms with Crippen LogP contribution in [0.4, 0.5) is 0 Å². The Kier molecular flexibility index (Phi) is 6.86. The lowest BCUT2D eigenvalue weighted by molar-refractivity contribution is 0.235. The van der Waals surface area contributed by atoms with Crippen LogP contribution >= 0.6 is 15.9 Å². The lowest BCUT2D eigenvalue weighted by Crippen LogP contribution is -2.34. The van der Waals surface area contributed by atoms with Gasteiger partial charge in [-0.3, -0.25) is 0 Å². The molecule has 90 valence electrons. The minimum Gasteiger partial charge on any atom is -0.305 e. The molecule has 0 saturated carbocycles. The summed E-state index contributed by atoms with van der Waals surface area (Å²) in [6, 6.07) is 0. The molecule has 0 spiro atoms. The first-order chi connectivity index (χ1) is 7.26. The van der Waals surface area contributed by atoms with Crippen molar-refractivity contribution < 1.29 is 0 Å². The molecule has 0 N–H and O–H groups in total. The molecule has 2 nitrogen and oxygen atoms in total. The number of likely N-dealkylation sites (N-methyl/N-ethyl adjacent to an activating group) is 1. The third kappa shape index (κ3) is 5.32. The van der Waals surface area contributed by atoms with Crippen LogP contribution in [0.3, 0.4) is 0 Å². The Morgan fingerprint density at radius 3 is 2.53 bits per heavy atom. The van der Waals surface area contributed by atoms with Gasteiger partial charge in [0.15, 0.2) is 0 Å². The Bertz CT molecular complexity index is 154. The van der Waals surface area contributed by atoms with Gasteiger partial charge in [-0.15, -0.1) is 0 Å². The SMILES string of the molecule is CCC(CBr)CN(C)CCN1CCCC1. The molecule has 0 aromatic rings. The number of hydrogen-bond acceptors (Lipinski definition) is 2. The molecule has 1 aliphatic rings. The maximum Gasteiger partial charge on any atom is 0.0109 e. The number of hydrogen-bond donors (Lipinski definition) is 0. The molecule has 15 heavy (non-hydrogen) atoms. The highest BCUT2D eigenvalue weighted by Crippen LogP contribution is 2.09. The van der Waals surface area contributed by atoms with Crippen LogP contribution in [-0.4, -0.2) is 54.9 Å². The van der Waals surface area contributed by atoms with Crippen molar-refractivity contribution in [3.05, 3.63) is 0 Å². The molecule has 1 unspecified atom stereocenters. The van der Waals surface area contributed by atoms with E-state index < -0.39 is 0 Å². The number of halogens is 1. The molecule has 3 heteroatoms. The minimum absolute atomic E-state index is 0.813. The van der Waals surface area contributed by atoms with Gasteiger partial charge in [0.05, 0.1) is 0 Å². The summed E-state index contributed by atoms with van der Waals surface area (Å²) in [6.45, 7) is 8.64. The van der Waals surface area contributed by atoms with E-state index in [1.165, 1.54) is 52.0 Å². The van der Waals surface area contributed by atoms with E-state index in [1.54, 1.807) is 0 Å². The van der Waals surface area contributed by atoms with Gasteiger partial charge in [-0.1, -0.05) is 29.3 Å². The topological polar surface area (TPSA) is 6.48 Å². The van der Waals surface area contributed by atoms with Crippen molar-refractivity contribution >= 4 is 15.9 Å². The molecule has 1 fully saturated rings. The van der Waals surface area contributed by atoms with Crippen LogP contribution in [0.1, 0.15) is 26.2 Å². The van der Waals surface area contributed by atoms with Crippen molar-refractivity contribution in [3.63, 3.8) is 0 Å². The molecule has 1 atom stereocenters. The molecule has 1 rings (SSSR count). The van der Waals surface area contributed by atoms with Crippen LogP contribution in [0.2, 0.25) is 0 Å². The van der Waals surface area contributed by atoms with Gasteiger partial charge in [0.2, 0.25) is 0 Å². The fourth-order valence-electron chi connectivity index (χ4n) is 2.14. The highest BCUT2D eigenvalue weighted by molar-refractivity contribution is 9.09. The van der Waals surface area contributed by atoms with Crippen molar-refractivity contribution in [1.29, 1.82) is 0 Å². The maximum absolute atomic E-state index is 3.58. The van der Waals surface area contributed by atoms with Gasteiger partial charge in [0.1, 0.15) is 0 Å². The average molecular weight is 277 g/mol. The van der Waals surface area contributed by atoms with Crippen LogP contribution < -0.4 is 0 Å². The Hall–Kier alpha value is 0.400. The molecule has 0 aliphatic carbocycles. The van der Waals surface area contributed by atoms with Gasteiger partial charge in [-0.2, -0.15) is 0 Å². The molecule has 1 heterocycles. The van der Waals surface area contributed by atoms with Crippen LogP contribution in [-0.2, 0) is 0 Å². The smallest absolute Gasteiger partial charge is 0.0109 e. The highest BCUT2D eigenvalue weighted by Gasteiger charge is 2.13. The summed E-state index contributed by atoms with van der Waals surface area (Å²) < 4.78 is 0. The summed E-state index contributed by atoms with van der Waals surface area (Å²) in [7, 11) is 2.25. The summed E-state index contributed by atoms with van der Waals surface area (Å²) in [6.07, 6.45) is 4.09. The lowest BCUT2D eigenvalue weighted by atomic mass is 10.1. The quantitative estimate of drug-likeness (QED) is 0.659. The lowest BCUT2D eigenvalue weighted by Gasteiger charge is -2.24.